The van der Waals surface area contributed by atoms with E-state index in [1.165, 1.54) is 0 Å². The Morgan fingerprint density at radius 3 is 1.71 bits per heavy atom. The van der Waals surface area contributed by atoms with Gasteiger partial charge in [-0.2, -0.15) is 11.3 Å². The van der Waals surface area contributed by atoms with Gasteiger partial charge in [-0.25, -0.2) is 0 Å². The largest absolute Gasteiger partial charge is 0.157 e. The van der Waals surface area contributed by atoms with E-state index in [1.807, 2.05) is 12.1 Å². The Kier molecular flexibility index (Phi) is 1.46. The first-order valence-electron chi connectivity index (χ1n) is 1.82. The quantitative estimate of drug-likeness (QED) is 0.417. The first-order chi connectivity index (χ1) is 3.29. The van der Waals surface area contributed by atoms with Crippen LogP contribution in [0.3, 0.4) is 0 Å². The zero-order valence-electron chi connectivity index (χ0n) is 3.56. The Morgan fingerprint density at radius 1 is 1.14 bits per heavy atom. The van der Waals surface area contributed by atoms with E-state index < -0.39 is 0 Å². The smallest absolute Gasteiger partial charge is 0.0864 e. The van der Waals surface area contributed by atoms with Crippen molar-refractivity contribution in [2.75, 3.05) is 0 Å². The van der Waals surface area contributed by atoms with Gasteiger partial charge in [0, 0.05) is 0 Å². The summed E-state index contributed by atoms with van der Waals surface area (Å²) in [6, 6.07) is 4.01. The average Bonchev–Trinajstić information content (AvgIpc) is 1.87. The molecule has 0 aliphatic carbocycles. The van der Waals surface area contributed by atoms with Crippen molar-refractivity contribution in [2.45, 2.75) is 0 Å². The monoisotopic (exact) mass is 138 g/mol. The summed E-state index contributed by atoms with van der Waals surface area (Å²) >= 11 is 1.67. The lowest BCUT2D eigenvalue weighted by atomic mass is 10.7. The Bertz CT molecular complexity index is 142. The molecule has 1 aromatic heterocycles. The van der Waals surface area contributed by atoms with Crippen molar-refractivity contribution >= 4 is 40.8 Å². The first-order valence-corrected chi connectivity index (χ1v) is 3.64. The van der Waals surface area contributed by atoms with Gasteiger partial charge in [0.2, 0.25) is 0 Å². The average molecular weight is 138 g/mol. The molecule has 0 saturated carbocycles. The van der Waals surface area contributed by atoms with Crippen molar-refractivity contribution in [1.82, 2.24) is 0 Å². The second kappa shape index (κ2) is 1.94. The van der Waals surface area contributed by atoms with E-state index in [2.05, 4.69) is 20.5 Å². The third-order valence-corrected chi connectivity index (χ3v) is 2.26. The lowest BCUT2D eigenvalue weighted by Gasteiger charge is -1.70. The number of hydrogen-bond acceptors (Lipinski definition) is 1. The fourth-order valence-electron chi connectivity index (χ4n) is 0.338. The van der Waals surface area contributed by atoms with Crippen molar-refractivity contribution in [2.24, 2.45) is 0 Å². The molecule has 1 rings (SSSR count). The van der Waals surface area contributed by atoms with Crippen LogP contribution in [0.5, 0.6) is 0 Å². The number of hydrogen-bond donors (Lipinski definition) is 0. The highest BCUT2D eigenvalue weighted by atomic mass is 32.1. The van der Waals surface area contributed by atoms with Gasteiger partial charge in [-0.05, 0) is 9.00 Å². The van der Waals surface area contributed by atoms with Gasteiger partial charge < -0.3 is 0 Å². The van der Waals surface area contributed by atoms with Crippen molar-refractivity contribution < 1.29 is 0 Å². The highest BCUT2D eigenvalue weighted by Gasteiger charge is 1.84. The molecule has 0 aliphatic heterocycles. The minimum atomic E-state index is 1.16. The van der Waals surface area contributed by atoms with Gasteiger partial charge in [0.05, 0.1) is 20.5 Å². The third kappa shape index (κ3) is 1.26. The van der Waals surface area contributed by atoms with E-state index in [0.717, 1.165) is 9.00 Å². The Hall–Kier alpha value is 0.134. The maximum Gasteiger partial charge on any atom is 0.0864 e. The second-order valence-corrected chi connectivity index (χ2v) is 4.05. The van der Waals surface area contributed by atoms with Crippen LogP contribution in [-0.4, -0.2) is 20.5 Å². The van der Waals surface area contributed by atoms with Crippen LogP contribution in [0.15, 0.2) is 12.1 Å². The van der Waals surface area contributed by atoms with Crippen LogP contribution in [0.2, 0.25) is 0 Å². The zero-order valence-corrected chi connectivity index (χ0v) is 6.38. The van der Waals surface area contributed by atoms with Crippen molar-refractivity contribution in [3.63, 3.8) is 0 Å². The fourth-order valence-corrected chi connectivity index (χ4v) is 1.98. The topological polar surface area (TPSA) is 0 Å². The van der Waals surface area contributed by atoms with Gasteiger partial charge in [0.1, 0.15) is 0 Å². The summed E-state index contributed by atoms with van der Waals surface area (Å²) in [6.07, 6.45) is 0. The predicted octanol–water partition coefficient (Wildman–Crippen LogP) is -0.664. The molecule has 0 N–H and O–H groups in total. The van der Waals surface area contributed by atoms with Crippen LogP contribution < -0.4 is 9.00 Å². The van der Waals surface area contributed by atoms with Crippen molar-refractivity contribution in [1.29, 1.82) is 0 Å². The van der Waals surface area contributed by atoms with Gasteiger partial charge in [-0.1, -0.05) is 12.1 Å². The van der Waals surface area contributed by atoms with Gasteiger partial charge >= 0.3 is 0 Å². The number of rotatable bonds is 0. The van der Waals surface area contributed by atoms with Crippen LogP contribution in [0.4, 0.5) is 0 Å². The Morgan fingerprint density at radius 2 is 1.57 bits per heavy atom. The molecule has 0 aliphatic rings. The van der Waals surface area contributed by atoms with Crippen LogP contribution in [0.25, 0.3) is 0 Å². The first kappa shape index (κ1) is 5.27. The molecule has 1 aromatic rings. The molecule has 0 spiro atoms. The Balaban J connectivity index is 3.04. The molecule has 0 saturated heterocycles. The summed E-state index contributed by atoms with van der Waals surface area (Å²) in [5.41, 5.74) is 0. The lowest BCUT2D eigenvalue weighted by Crippen LogP contribution is -1.94. The summed E-state index contributed by atoms with van der Waals surface area (Å²) in [7, 11) is 6.73. The van der Waals surface area contributed by atoms with Gasteiger partial charge in [0.15, 0.2) is 0 Å². The van der Waals surface area contributed by atoms with Crippen LogP contribution in [0, 0.1) is 0 Å². The fraction of sp³-hybridized carbons (Fsp3) is 0. The Labute approximate surface area is 53.4 Å². The van der Waals surface area contributed by atoms with Crippen LogP contribution in [-0.2, 0) is 0 Å². The molecular weight excluding hydrogens is 136 g/mol. The van der Waals surface area contributed by atoms with E-state index >= 15 is 0 Å². The highest BCUT2D eigenvalue weighted by Crippen LogP contribution is 1.82. The molecule has 0 atom stereocenters. The molecule has 7 heavy (non-hydrogen) atoms. The molecule has 0 aromatic carbocycles. The summed E-state index contributed by atoms with van der Waals surface area (Å²) in [6.45, 7) is 0. The maximum atomic E-state index is 3.36. The molecule has 0 fully saturated rings. The van der Waals surface area contributed by atoms with E-state index in [0.29, 0.717) is 0 Å². The standard InChI is InChI=1S/C4H2SSi2/c6-3-1-2-4(7)5-3/h1-2H. The summed E-state index contributed by atoms with van der Waals surface area (Å²) < 4.78 is 2.31. The summed E-state index contributed by atoms with van der Waals surface area (Å²) in [5.74, 6) is 0. The molecule has 0 bridgehead atoms. The van der Waals surface area contributed by atoms with E-state index in [9.17, 15) is 0 Å². The normalized spacial score (nSPS) is 9.43. The summed E-state index contributed by atoms with van der Waals surface area (Å²) in [4.78, 5) is 0. The molecule has 0 unspecified atom stereocenters. The molecular formula is C4H2SSi2. The molecule has 1 heterocycles. The molecule has 32 valence electrons. The molecule has 0 amide bonds. The SMILES string of the molecule is [Si]c1ccc([Si])s1. The number of thiophene rings is 1. The van der Waals surface area contributed by atoms with E-state index in [1.54, 1.807) is 11.3 Å². The van der Waals surface area contributed by atoms with Crippen LogP contribution in [0.1, 0.15) is 0 Å². The minimum Gasteiger partial charge on any atom is -0.157 e. The summed E-state index contributed by atoms with van der Waals surface area (Å²) in [5, 5.41) is 0. The zero-order chi connectivity index (χ0) is 5.28. The second-order valence-electron chi connectivity index (χ2n) is 1.16. The lowest BCUT2D eigenvalue weighted by molar-refractivity contribution is 2.13. The van der Waals surface area contributed by atoms with Crippen molar-refractivity contribution in [3.8, 4) is 0 Å². The highest BCUT2D eigenvalue weighted by molar-refractivity contribution is 7.26. The van der Waals surface area contributed by atoms with Crippen LogP contribution >= 0.6 is 11.3 Å². The molecule has 0 nitrogen and oxygen atoms in total. The van der Waals surface area contributed by atoms with Crippen molar-refractivity contribution in [3.05, 3.63) is 12.1 Å². The minimum absolute atomic E-state index is 1.16. The predicted molar refractivity (Wildman–Crippen MR) is 35.1 cm³/mol. The molecule has 6 radical (unpaired) electrons. The molecule has 3 heteroatoms. The van der Waals surface area contributed by atoms with E-state index in [4.69, 9.17) is 0 Å². The maximum absolute atomic E-state index is 3.36. The van der Waals surface area contributed by atoms with Gasteiger partial charge in [-0.3, -0.25) is 0 Å². The van der Waals surface area contributed by atoms with Gasteiger partial charge in [-0.15, -0.1) is 0 Å². The van der Waals surface area contributed by atoms with Gasteiger partial charge in [0.25, 0.3) is 0 Å². The third-order valence-electron chi connectivity index (χ3n) is 0.606. The van der Waals surface area contributed by atoms with E-state index in [-0.39, 0.29) is 0 Å².